The van der Waals surface area contributed by atoms with Gasteiger partial charge in [-0.15, -0.1) is 11.3 Å². The molecule has 1 aromatic rings. The van der Waals surface area contributed by atoms with Crippen molar-refractivity contribution in [1.29, 1.82) is 0 Å². The highest BCUT2D eigenvalue weighted by Crippen LogP contribution is 2.29. The molecule has 0 radical (unpaired) electrons. The minimum Gasteiger partial charge on any atom is -0.210 e. The second-order valence-electron chi connectivity index (χ2n) is 5.05. The number of thiophene rings is 1. The summed E-state index contributed by atoms with van der Waals surface area (Å²) in [7, 11) is -3.32. The molecule has 3 nitrogen and oxygen atoms in total. The standard InChI is InChI=1S/C12H18BrNO2S2/c1-9-3-2-4-10(7-9)8-14-18(15,16)12-6-5-11(13)17-12/h5-6,9-10,14H,2-4,7-8H2,1H3. The van der Waals surface area contributed by atoms with Crippen LogP contribution in [0.25, 0.3) is 0 Å². The lowest BCUT2D eigenvalue weighted by Crippen LogP contribution is -2.31. The van der Waals surface area contributed by atoms with Crippen molar-refractivity contribution in [1.82, 2.24) is 4.72 Å². The van der Waals surface area contributed by atoms with Gasteiger partial charge < -0.3 is 0 Å². The molecule has 1 aliphatic carbocycles. The summed E-state index contributed by atoms with van der Waals surface area (Å²) < 4.78 is 28.1. The maximum Gasteiger partial charge on any atom is 0.250 e. The first-order valence-corrected chi connectivity index (χ1v) is 9.31. The monoisotopic (exact) mass is 351 g/mol. The quantitative estimate of drug-likeness (QED) is 0.900. The van der Waals surface area contributed by atoms with Crippen molar-refractivity contribution in [3.05, 3.63) is 15.9 Å². The first kappa shape index (κ1) is 14.5. The van der Waals surface area contributed by atoms with Crippen molar-refractivity contribution in [2.45, 2.75) is 36.8 Å². The maximum absolute atomic E-state index is 12.0. The van der Waals surface area contributed by atoms with Crippen molar-refractivity contribution >= 4 is 37.3 Å². The topological polar surface area (TPSA) is 46.2 Å². The molecule has 0 saturated heterocycles. The van der Waals surface area contributed by atoms with E-state index in [1.165, 1.54) is 24.2 Å². The molecular weight excluding hydrogens is 334 g/mol. The van der Waals surface area contributed by atoms with Gasteiger partial charge in [0.15, 0.2) is 0 Å². The molecule has 0 bridgehead atoms. The van der Waals surface area contributed by atoms with Crippen LogP contribution in [0.2, 0.25) is 0 Å². The average molecular weight is 352 g/mol. The highest BCUT2D eigenvalue weighted by atomic mass is 79.9. The Morgan fingerprint density at radius 2 is 2.22 bits per heavy atom. The van der Waals surface area contributed by atoms with Gasteiger partial charge in [0.25, 0.3) is 0 Å². The van der Waals surface area contributed by atoms with Gasteiger partial charge in [-0.05, 0) is 52.7 Å². The third-order valence-electron chi connectivity index (χ3n) is 3.42. The van der Waals surface area contributed by atoms with Crippen LogP contribution in [0.5, 0.6) is 0 Å². The summed E-state index contributed by atoms with van der Waals surface area (Å²) in [6, 6.07) is 3.41. The van der Waals surface area contributed by atoms with Crippen LogP contribution in [0.15, 0.2) is 20.1 Å². The maximum atomic E-state index is 12.0. The summed E-state index contributed by atoms with van der Waals surface area (Å²) in [6.07, 6.45) is 4.77. The van der Waals surface area contributed by atoms with Crippen LogP contribution in [0, 0.1) is 11.8 Å². The van der Waals surface area contributed by atoms with E-state index >= 15 is 0 Å². The van der Waals surface area contributed by atoms with Gasteiger partial charge in [-0.25, -0.2) is 13.1 Å². The highest BCUT2D eigenvalue weighted by Gasteiger charge is 2.22. The lowest BCUT2D eigenvalue weighted by molar-refractivity contribution is 0.283. The zero-order chi connectivity index (χ0) is 13.2. The van der Waals surface area contributed by atoms with Gasteiger partial charge in [0.05, 0.1) is 3.79 Å². The molecule has 0 amide bonds. The fourth-order valence-corrected chi connectivity index (χ4v) is 5.66. The van der Waals surface area contributed by atoms with Gasteiger partial charge in [0, 0.05) is 6.54 Å². The molecular formula is C12H18BrNO2S2. The lowest BCUT2D eigenvalue weighted by atomic mass is 9.83. The summed E-state index contributed by atoms with van der Waals surface area (Å²) in [4.78, 5) is 0. The molecule has 0 spiro atoms. The minimum atomic E-state index is -3.32. The predicted octanol–water partition coefficient (Wildman–Crippen LogP) is 3.62. The van der Waals surface area contributed by atoms with E-state index in [0.29, 0.717) is 16.7 Å². The van der Waals surface area contributed by atoms with Crippen LogP contribution >= 0.6 is 27.3 Å². The summed E-state index contributed by atoms with van der Waals surface area (Å²) in [5, 5.41) is 0. The summed E-state index contributed by atoms with van der Waals surface area (Å²) in [5.74, 6) is 1.22. The van der Waals surface area contributed by atoms with Crippen molar-refractivity contribution in [2.24, 2.45) is 11.8 Å². The molecule has 1 fully saturated rings. The van der Waals surface area contributed by atoms with E-state index in [1.54, 1.807) is 12.1 Å². The Kier molecular flexibility index (Phi) is 4.86. The van der Waals surface area contributed by atoms with Crippen LogP contribution in [0.1, 0.15) is 32.6 Å². The Labute approximate surface area is 121 Å². The lowest BCUT2D eigenvalue weighted by Gasteiger charge is -2.26. The van der Waals surface area contributed by atoms with Gasteiger partial charge in [-0.2, -0.15) is 0 Å². The molecule has 1 saturated carbocycles. The second kappa shape index (κ2) is 6.03. The van der Waals surface area contributed by atoms with Gasteiger partial charge in [-0.3, -0.25) is 0 Å². The zero-order valence-electron chi connectivity index (χ0n) is 10.4. The molecule has 2 atom stereocenters. The van der Waals surface area contributed by atoms with Crippen molar-refractivity contribution in [3.63, 3.8) is 0 Å². The smallest absolute Gasteiger partial charge is 0.210 e. The van der Waals surface area contributed by atoms with Gasteiger partial charge in [0.1, 0.15) is 4.21 Å². The third-order valence-corrected chi connectivity index (χ3v) is 6.96. The molecule has 102 valence electrons. The fraction of sp³-hybridized carbons (Fsp3) is 0.667. The number of hydrogen-bond acceptors (Lipinski definition) is 3. The largest absolute Gasteiger partial charge is 0.250 e. The van der Waals surface area contributed by atoms with Crippen molar-refractivity contribution in [2.75, 3.05) is 6.54 Å². The molecule has 6 heteroatoms. The van der Waals surface area contributed by atoms with E-state index in [-0.39, 0.29) is 0 Å². The van der Waals surface area contributed by atoms with Crippen molar-refractivity contribution in [3.8, 4) is 0 Å². The molecule has 18 heavy (non-hydrogen) atoms. The second-order valence-corrected chi connectivity index (χ2v) is 9.51. The van der Waals surface area contributed by atoms with Gasteiger partial charge in [-0.1, -0.05) is 19.8 Å². The molecule has 2 rings (SSSR count). The molecule has 1 aromatic heterocycles. The Morgan fingerprint density at radius 1 is 1.44 bits per heavy atom. The molecule has 0 aromatic carbocycles. The van der Waals surface area contributed by atoms with Crippen molar-refractivity contribution < 1.29 is 8.42 Å². The summed E-state index contributed by atoms with van der Waals surface area (Å²) in [6.45, 7) is 2.82. The van der Waals surface area contributed by atoms with E-state index in [9.17, 15) is 8.42 Å². The van der Waals surface area contributed by atoms with Crippen LogP contribution in [-0.4, -0.2) is 15.0 Å². The van der Waals surface area contributed by atoms with Gasteiger partial charge in [0.2, 0.25) is 10.0 Å². The van der Waals surface area contributed by atoms with Crippen LogP contribution in [-0.2, 0) is 10.0 Å². The van der Waals surface area contributed by atoms with Crippen LogP contribution in [0.4, 0.5) is 0 Å². The van der Waals surface area contributed by atoms with Gasteiger partial charge >= 0.3 is 0 Å². The minimum absolute atomic E-state index is 0.387. The number of nitrogens with one attached hydrogen (secondary N) is 1. The molecule has 1 heterocycles. The summed E-state index contributed by atoms with van der Waals surface area (Å²) >= 11 is 4.53. The zero-order valence-corrected chi connectivity index (χ0v) is 13.6. The number of hydrogen-bond donors (Lipinski definition) is 1. The van der Waals surface area contributed by atoms with E-state index in [0.717, 1.165) is 22.5 Å². The van der Waals surface area contributed by atoms with E-state index in [4.69, 9.17) is 0 Å². The fourth-order valence-electron chi connectivity index (χ4n) is 2.49. The number of sulfonamides is 1. The Bertz CT molecular complexity index is 498. The molecule has 0 aliphatic heterocycles. The molecule has 1 N–H and O–H groups in total. The number of rotatable bonds is 4. The van der Waals surface area contributed by atoms with E-state index < -0.39 is 10.0 Å². The third kappa shape index (κ3) is 3.79. The molecule has 2 unspecified atom stereocenters. The highest BCUT2D eigenvalue weighted by molar-refractivity contribution is 9.11. The average Bonchev–Trinajstić information content (AvgIpc) is 2.74. The first-order chi connectivity index (χ1) is 8.47. The first-order valence-electron chi connectivity index (χ1n) is 6.22. The number of halogens is 1. The summed E-state index contributed by atoms with van der Waals surface area (Å²) in [5.41, 5.74) is 0. The normalized spacial score (nSPS) is 25.2. The molecule has 1 aliphatic rings. The van der Waals surface area contributed by atoms with E-state index in [1.807, 2.05) is 0 Å². The Hall–Kier alpha value is 0.0900. The van der Waals surface area contributed by atoms with Crippen LogP contribution < -0.4 is 4.72 Å². The SMILES string of the molecule is CC1CCCC(CNS(=O)(=O)c2ccc(Br)s2)C1. The van der Waals surface area contributed by atoms with E-state index in [2.05, 4.69) is 27.6 Å². The predicted molar refractivity (Wildman–Crippen MR) is 78.3 cm³/mol. The van der Waals surface area contributed by atoms with Crippen LogP contribution in [0.3, 0.4) is 0 Å². The Balaban J connectivity index is 1.93. The Morgan fingerprint density at radius 3 is 2.83 bits per heavy atom.